The van der Waals surface area contributed by atoms with E-state index in [1.54, 1.807) is 24.6 Å². The summed E-state index contributed by atoms with van der Waals surface area (Å²) < 4.78 is 13.7. The normalized spacial score (nSPS) is 15.7. The molecule has 9 nitrogen and oxygen atoms in total. The number of fused-ring (bicyclic) bond motifs is 1. The van der Waals surface area contributed by atoms with E-state index in [-0.39, 0.29) is 18.0 Å². The fraction of sp³-hybridized carbons (Fsp3) is 0.438. The molecule has 1 N–H and O–H groups in total. The molecule has 0 unspecified atom stereocenters. The second kappa shape index (κ2) is 12.7. The summed E-state index contributed by atoms with van der Waals surface area (Å²) in [5.74, 6) is -0.332. The van der Waals surface area contributed by atoms with Gasteiger partial charge in [-0.15, -0.1) is 11.3 Å². The van der Waals surface area contributed by atoms with E-state index in [0.717, 1.165) is 57.1 Å². The summed E-state index contributed by atoms with van der Waals surface area (Å²) in [5.41, 5.74) is 9.95. The summed E-state index contributed by atoms with van der Waals surface area (Å²) in [4.78, 5) is 33.6. The average Bonchev–Trinajstić information content (AvgIpc) is 3.56. The largest absolute Gasteiger partial charge is 0.464 e. The van der Waals surface area contributed by atoms with Crippen LogP contribution in [0.5, 0.6) is 0 Å². The molecule has 1 fully saturated rings. The lowest BCUT2D eigenvalue weighted by molar-refractivity contribution is -0.152. The first-order valence-corrected chi connectivity index (χ1v) is 15.3. The first-order chi connectivity index (χ1) is 20.2. The van der Waals surface area contributed by atoms with Crippen molar-refractivity contribution < 1.29 is 19.1 Å². The molecule has 0 radical (unpaired) electrons. The Labute approximate surface area is 250 Å². The molecule has 0 bridgehead atoms. The van der Waals surface area contributed by atoms with Crippen LogP contribution in [-0.2, 0) is 38.6 Å². The molecule has 5 rings (SSSR count). The summed E-state index contributed by atoms with van der Waals surface area (Å²) in [6.45, 7) is 10.4. The molecule has 4 heterocycles. The van der Waals surface area contributed by atoms with E-state index in [0.29, 0.717) is 32.4 Å². The Bertz CT molecular complexity index is 1580. The van der Waals surface area contributed by atoms with Gasteiger partial charge in [0.05, 0.1) is 35.3 Å². The van der Waals surface area contributed by atoms with Gasteiger partial charge in [-0.2, -0.15) is 0 Å². The van der Waals surface area contributed by atoms with E-state index in [1.165, 1.54) is 10.6 Å². The van der Waals surface area contributed by atoms with E-state index >= 15 is 0 Å². The number of amides is 1. The smallest absolute Gasteiger partial charge is 0.324 e. The summed E-state index contributed by atoms with van der Waals surface area (Å²) in [6, 6.07) is 10.1. The SMILES string of the molecule is CCn1c(-c2cccnc2COC)c(CC(C)(C)COC(=O)[C@@H]2CCCN(C=O)N2)c2cc(-c3csc(C)n3)ccc21. The molecule has 42 heavy (non-hydrogen) atoms. The molecular weight excluding hydrogens is 550 g/mol. The Morgan fingerprint density at radius 1 is 1.29 bits per heavy atom. The first-order valence-electron chi connectivity index (χ1n) is 14.4. The molecule has 4 aromatic rings. The van der Waals surface area contributed by atoms with Crippen molar-refractivity contribution >= 4 is 34.6 Å². The van der Waals surface area contributed by atoms with Gasteiger partial charge >= 0.3 is 5.97 Å². The molecule has 1 amide bonds. The van der Waals surface area contributed by atoms with Crippen molar-refractivity contribution in [2.24, 2.45) is 5.41 Å². The molecule has 1 atom stereocenters. The van der Waals surface area contributed by atoms with Crippen LogP contribution in [0.15, 0.2) is 41.9 Å². The topological polar surface area (TPSA) is 98.6 Å². The summed E-state index contributed by atoms with van der Waals surface area (Å²) in [5, 5.41) is 5.69. The number of carbonyl (C=O) groups excluding carboxylic acids is 2. The quantitative estimate of drug-likeness (QED) is 0.181. The van der Waals surface area contributed by atoms with Gasteiger partial charge in [-0.3, -0.25) is 19.6 Å². The molecule has 0 aliphatic carbocycles. The third-order valence-electron chi connectivity index (χ3n) is 7.71. The maximum Gasteiger partial charge on any atom is 0.324 e. The van der Waals surface area contributed by atoms with Crippen LogP contribution in [0.1, 0.15) is 49.9 Å². The van der Waals surface area contributed by atoms with Gasteiger partial charge in [-0.05, 0) is 62.9 Å². The van der Waals surface area contributed by atoms with Gasteiger partial charge in [0.15, 0.2) is 0 Å². The van der Waals surface area contributed by atoms with Gasteiger partial charge in [0.25, 0.3) is 0 Å². The van der Waals surface area contributed by atoms with Gasteiger partial charge in [-0.1, -0.05) is 19.9 Å². The predicted molar refractivity (Wildman–Crippen MR) is 165 cm³/mol. The molecule has 222 valence electrons. The first kappa shape index (κ1) is 29.9. The van der Waals surface area contributed by atoms with Crippen LogP contribution in [0.25, 0.3) is 33.4 Å². The van der Waals surface area contributed by atoms with Gasteiger partial charge in [-0.25, -0.2) is 10.4 Å². The maximum atomic E-state index is 13.0. The van der Waals surface area contributed by atoms with Crippen LogP contribution >= 0.6 is 11.3 Å². The zero-order valence-electron chi connectivity index (χ0n) is 25.0. The Morgan fingerprint density at radius 2 is 2.12 bits per heavy atom. The standard InChI is InChI=1S/C32H39N5O4S/c1-6-37-29-12-11-22(28-18-42-21(2)34-28)15-24(29)25(30(37)23-9-7-13-33-27(23)17-40-5)16-32(3,4)19-41-31(39)26-10-8-14-36(20-38)35-26/h7,9,11-13,15,18,20,26,35H,6,8,10,14,16-17,19H2,1-5H3/t26-/m0/s1. The van der Waals surface area contributed by atoms with Crippen molar-refractivity contribution in [3.05, 3.63) is 58.2 Å². The highest BCUT2D eigenvalue weighted by Gasteiger charge is 2.31. The number of aromatic nitrogens is 3. The Kier molecular flexibility index (Phi) is 9.05. The number of methoxy groups -OCH3 is 1. The zero-order valence-corrected chi connectivity index (χ0v) is 25.8. The molecule has 3 aromatic heterocycles. The lowest BCUT2D eigenvalue weighted by atomic mass is 9.84. The lowest BCUT2D eigenvalue weighted by Crippen LogP contribution is -2.52. The number of esters is 1. The molecule has 1 saturated heterocycles. The minimum absolute atomic E-state index is 0.242. The second-order valence-electron chi connectivity index (χ2n) is 11.6. The highest BCUT2D eigenvalue weighted by Crippen LogP contribution is 2.40. The van der Waals surface area contributed by atoms with Crippen LogP contribution in [0.3, 0.4) is 0 Å². The minimum atomic E-state index is -0.520. The number of aryl methyl sites for hydroxylation is 2. The third-order valence-corrected chi connectivity index (χ3v) is 8.48. The van der Waals surface area contributed by atoms with Gasteiger partial charge < -0.3 is 14.0 Å². The van der Waals surface area contributed by atoms with Crippen molar-refractivity contribution in [2.75, 3.05) is 20.3 Å². The number of rotatable bonds is 11. The number of hydrogen-bond acceptors (Lipinski definition) is 8. The number of hydrogen-bond donors (Lipinski definition) is 1. The molecule has 0 spiro atoms. The van der Waals surface area contributed by atoms with Gasteiger partial charge in [0.1, 0.15) is 6.04 Å². The van der Waals surface area contributed by atoms with Crippen molar-refractivity contribution in [2.45, 2.75) is 66.2 Å². The van der Waals surface area contributed by atoms with Crippen LogP contribution in [-0.4, -0.2) is 58.2 Å². The van der Waals surface area contributed by atoms with E-state index in [4.69, 9.17) is 14.5 Å². The summed E-state index contributed by atoms with van der Waals surface area (Å²) in [6.07, 6.45) is 4.57. The van der Waals surface area contributed by atoms with Crippen LogP contribution in [0.4, 0.5) is 0 Å². The number of benzene rings is 1. The number of thiazole rings is 1. The Balaban J connectivity index is 1.55. The van der Waals surface area contributed by atoms with E-state index < -0.39 is 6.04 Å². The molecule has 1 aromatic carbocycles. The average molecular weight is 590 g/mol. The van der Waals surface area contributed by atoms with Gasteiger partial charge in [0, 0.05) is 59.2 Å². The molecule has 1 aliphatic heterocycles. The fourth-order valence-electron chi connectivity index (χ4n) is 5.75. The number of hydrazine groups is 1. The van der Waals surface area contributed by atoms with Gasteiger partial charge in [0.2, 0.25) is 6.41 Å². The number of nitrogens with zero attached hydrogens (tertiary/aromatic N) is 4. The van der Waals surface area contributed by atoms with E-state index in [2.05, 4.69) is 65.4 Å². The van der Waals surface area contributed by atoms with Crippen molar-refractivity contribution in [3.63, 3.8) is 0 Å². The molecule has 1 aliphatic rings. The fourth-order valence-corrected chi connectivity index (χ4v) is 6.37. The number of carbonyl (C=O) groups is 2. The summed E-state index contributed by atoms with van der Waals surface area (Å²) >= 11 is 1.64. The molecule has 0 saturated carbocycles. The highest BCUT2D eigenvalue weighted by molar-refractivity contribution is 7.09. The van der Waals surface area contributed by atoms with Crippen molar-refractivity contribution in [1.29, 1.82) is 0 Å². The second-order valence-corrected chi connectivity index (χ2v) is 12.6. The zero-order chi connectivity index (χ0) is 29.9. The molecular formula is C32H39N5O4S. The van der Waals surface area contributed by atoms with E-state index in [1.807, 2.05) is 13.0 Å². The monoisotopic (exact) mass is 589 g/mol. The van der Waals surface area contributed by atoms with E-state index in [9.17, 15) is 9.59 Å². The number of ether oxygens (including phenoxy) is 2. The Hall–Kier alpha value is -3.60. The van der Waals surface area contributed by atoms with Crippen LogP contribution in [0, 0.1) is 12.3 Å². The summed E-state index contributed by atoms with van der Waals surface area (Å²) in [7, 11) is 1.68. The number of pyridine rings is 1. The Morgan fingerprint density at radius 3 is 2.83 bits per heavy atom. The highest BCUT2D eigenvalue weighted by atomic mass is 32.1. The van der Waals surface area contributed by atoms with Crippen molar-refractivity contribution in [1.82, 2.24) is 25.0 Å². The molecule has 10 heteroatoms. The maximum absolute atomic E-state index is 13.0. The third kappa shape index (κ3) is 6.25. The van der Waals surface area contributed by atoms with Crippen LogP contribution < -0.4 is 5.43 Å². The minimum Gasteiger partial charge on any atom is -0.464 e. The predicted octanol–water partition coefficient (Wildman–Crippen LogP) is 5.54. The number of nitrogens with one attached hydrogen (secondary N) is 1. The lowest BCUT2D eigenvalue weighted by Gasteiger charge is -2.31. The van der Waals surface area contributed by atoms with Crippen molar-refractivity contribution in [3.8, 4) is 22.5 Å². The van der Waals surface area contributed by atoms with Crippen LogP contribution in [0.2, 0.25) is 0 Å².